The monoisotopic (exact) mass is 293 g/mol. The summed E-state index contributed by atoms with van der Waals surface area (Å²) in [6.07, 6.45) is 2.35. The van der Waals surface area contributed by atoms with Gasteiger partial charge in [0.15, 0.2) is 0 Å². The Hall–Kier alpha value is -1.36. The van der Waals surface area contributed by atoms with Crippen LogP contribution in [0.2, 0.25) is 5.15 Å². The maximum absolute atomic E-state index is 9.30. The van der Waals surface area contributed by atoms with E-state index in [2.05, 4.69) is 22.0 Å². The minimum absolute atomic E-state index is 0.158. The van der Waals surface area contributed by atoms with E-state index in [0.29, 0.717) is 18.1 Å². The first-order chi connectivity index (χ1) is 9.63. The average Bonchev–Trinajstić information content (AvgIpc) is 2.77. The van der Waals surface area contributed by atoms with Gasteiger partial charge in [0, 0.05) is 19.7 Å². The molecule has 2 aromatic rings. The second kappa shape index (κ2) is 6.88. The molecule has 1 aromatic carbocycles. The van der Waals surface area contributed by atoms with Crippen LogP contribution in [-0.4, -0.2) is 33.2 Å². The minimum Gasteiger partial charge on any atom is -0.396 e. The van der Waals surface area contributed by atoms with Crippen molar-refractivity contribution in [1.29, 1.82) is 0 Å². The summed E-state index contributed by atoms with van der Waals surface area (Å²) in [7, 11) is 3.94. The molecule has 108 valence electrons. The summed E-state index contributed by atoms with van der Waals surface area (Å²) in [5, 5.41) is 9.93. The van der Waals surface area contributed by atoms with E-state index in [9.17, 15) is 5.11 Å². The average molecular weight is 294 g/mol. The van der Waals surface area contributed by atoms with Gasteiger partial charge in [0.25, 0.3) is 0 Å². The maximum atomic E-state index is 9.30. The number of benzene rings is 1. The molecule has 0 radical (unpaired) electrons. The zero-order chi connectivity index (χ0) is 14.5. The van der Waals surface area contributed by atoms with E-state index in [-0.39, 0.29) is 12.6 Å². The fourth-order valence-electron chi connectivity index (χ4n) is 2.34. The third-order valence-corrected chi connectivity index (χ3v) is 3.89. The van der Waals surface area contributed by atoms with Crippen molar-refractivity contribution in [3.63, 3.8) is 0 Å². The molecule has 0 amide bonds. The second-order valence-electron chi connectivity index (χ2n) is 4.91. The number of aliphatic hydroxyl groups is 1. The van der Waals surface area contributed by atoms with Crippen LogP contribution < -0.4 is 0 Å². The van der Waals surface area contributed by atoms with E-state index in [0.717, 1.165) is 5.82 Å². The first kappa shape index (κ1) is 15.0. The predicted molar refractivity (Wildman–Crippen MR) is 80.6 cm³/mol. The van der Waals surface area contributed by atoms with Crippen LogP contribution in [0.15, 0.2) is 36.5 Å². The van der Waals surface area contributed by atoms with Gasteiger partial charge in [-0.3, -0.25) is 4.90 Å². The Labute approximate surface area is 124 Å². The fourth-order valence-corrected chi connectivity index (χ4v) is 2.49. The van der Waals surface area contributed by atoms with Crippen molar-refractivity contribution in [3.05, 3.63) is 53.1 Å². The Balaban J connectivity index is 2.15. The van der Waals surface area contributed by atoms with Crippen LogP contribution in [0.4, 0.5) is 0 Å². The van der Waals surface area contributed by atoms with Gasteiger partial charge in [-0.05, 0) is 19.0 Å². The molecule has 0 saturated heterocycles. The lowest BCUT2D eigenvalue weighted by molar-refractivity contribution is 0.176. The molecule has 1 atom stereocenters. The molecule has 0 aliphatic heterocycles. The lowest BCUT2D eigenvalue weighted by Crippen LogP contribution is -2.26. The summed E-state index contributed by atoms with van der Waals surface area (Å²) in [6, 6.07) is 10.4. The number of hydrogen-bond donors (Lipinski definition) is 1. The zero-order valence-electron chi connectivity index (χ0n) is 11.8. The molecule has 0 aliphatic rings. The van der Waals surface area contributed by atoms with Gasteiger partial charge < -0.3 is 9.67 Å². The molecule has 1 heterocycles. The summed E-state index contributed by atoms with van der Waals surface area (Å²) in [5.74, 6) is 0.913. The predicted octanol–water partition coefficient (Wildman–Crippen LogP) is 2.63. The minimum atomic E-state index is 0.158. The zero-order valence-corrected chi connectivity index (χ0v) is 12.6. The number of imidazole rings is 1. The molecule has 1 unspecified atom stereocenters. The molecule has 0 aliphatic carbocycles. The van der Waals surface area contributed by atoms with Crippen molar-refractivity contribution in [1.82, 2.24) is 14.5 Å². The number of nitrogens with zero attached hydrogens (tertiary/aromatic N) is 3. The van der Waals surface area contributed by atoms with E-state index >= 15 is 0 Å². The van der Waals surface area contributed by atoms with E-state index in [1.54, 1.807) is 6.20 Å². The highest BCUT2D eigenvalue weighted by Crippen LogP contribution is 2.24. The molecule has 5 heteroatoms. The summed E-state index contributed by atoms with van der Waals surface area (Å²) >= 11 is 6.01. The molecule has 2 rings (SSSR count). The largest absolute Gasteiger partial charge is 0.396 e. The van der Waals surface area contributed by atoms with Crippen LogP contribution in [0, 0.1) is 0 Å². The quantitative estimate of drug-likeness (QED) is 0.890. The molecular weight excluding hydrogens is 274 g/mol. The fraction of sp³-hybridized carbons (Fsp3) is 0.400. The van der Waals surface area contributed by atoms with Gasteiger partial charge in [-0.1, -0.05) is 41.9 Å². The van der Waals surface area contributed by atoms with Gasteiger partial charge in [-0.15, -0.1) is 0 Å². The van der Waals surface area contributed by atoms with Gasteiger partial charge >= 0.3 is 0 Å². The van der Waals surface area contributed by atoms with Crippen molar-refractivity contribution in [2.75, 3.05) is 13.7 Å². The molecular formula is C15H20ClN3O. The molecule has 0 bridgehead atoms. The topological polar surface area (TPSA) is 41.3 Å². The Morgan fingerprint density at radius 3 is 2.60 bits per heavy atom. The third-order valence-electron chi connectivity index (χ3n) is 3.54. The van der Waals surface area contributed by atoms with Crippen LogP contribution >= 0.6 is 11.6 Å². The first-order valence-electron chi connectivity index (χ1n) is 6.65. The number of halogens is 1. The Morgan fingerprint density at radius 2 is 2.05 bits per heavy atom. The maximum Gasteiger partial charge on any atom is 0.128 e. The lowest BCUT2D eigenvalue weighted by atomic mass is 10.0. The molecule has 4 nitrogen and oxygen atoms in total. The standard InChI is InChI=1S/C15H20ClN3O/c1-18(11-15-17-10-14(16)19(15)2)13(8-9-20)12-6-4-3-5-7-12/h3-7,10,13,20H,8-9,11H2,1-2H3. The summed E-state index contributed by atoms with van der Waals surface area (Å²) in [5.41, 5.74) is 1.20. The smallest absolute Gasteiger partial charge is 0.128 e. The lowest BCUT2D eigenvalue weighted by Gasteiger charge is -2.27. The van der Waals surface area contributed by atoms with E-state index in [1.807, 2.05) is 36.9 Å². The molecule has 20 heavy (non-hydrogen) atoms. The molecule has 0 saturated carbocycles. The highest BCUT2D eigenvalue weighted by Gasteiger charge is 2.18. The van der Waals surface area contributed by atoms with Gasteiger partial charge in [-0.2, -0.15) is 0 Å². The van der Waals surface area contributed by atoms with Crippen molar-refractivity contribution in [3.8, 4) is 0 Å². The normalized spacial score (nSPS) is 12.8. The highest BCUT2D eigenvalue weighted by molar-refractivity contribution is 6.29. The van der Waals surface area contributed by atoms with Crippen LogP contribution in [0.1, 0.15) is 23.9 Å². The van der Waals surface area contributed by atoms with Crippen molar-refractivity contribution in [2.24, 2.45) is 7.05 Å². The SMILES string of the molecule is CN(Cc1ncc(Cl)n1C)C(CCO)c1ccccc1. The molecule has 1 N–H and O–H groups in total. The van der Waals surface area contributed by atoms with Crippen LogP contribution in [-0.2, 0) is 13.6 Å². The van der Waals surface area contributed by atoms with E-state index < -0.39 is 0 Å². The van der Waals surface area contributed by atoms with Crippen LogP contribution in [0.3, 0.4) is 0 Å². The molecule has 0 spiro atoms. The van der Waals surface area contributed by atoms with E-state index in [1.165, 1.54) is 5.56 Å². The molecule has 1 aromatic heterocycles. The number of rotatable bonds is 6. The second-order valence-corrected chi connectivity index (χ2v) is 5.30. The molecule has 0 fully saturated rings. The number of aromatic nitrogens is 2. The van der Waals surface area contributed by atoms with Crippen molar-refractivity contribution >= 4 is 11.6 Å². The van der Waals surface area contributed by atoms with Crippen molar-refractivity contribution < 1.29 is 5.11 Å². The van der Waals surface area contributed by atoms with Crippen LogP contribution in [0.5, 0.6) is 0 Å². The van der Waals surface area contributed by atoms with E-state index in [4.69, 9.17) is 11.6 Å². The van der Waals surface area contributed by atoms with Crippen molar-refractivity contribution in [2.45, 2.75) is 19.0 Å². The van der Waals surface area contributed by atoms with Gasteiger partial charge in [-0.25, -0.2) is 4.98 Å². The number of aliphatic hydroxyl groups excluding tert-OH is 1. The van der Waals surface area contributed by atoms with Gasteiger partial charge in [0.1, 0.15) is 11.0 Å². The Bertz CT molecular complexity index is 541. The van der Waals surface area contributed by atoms with Gasteiger partial charge in [0.05, 0.1) is 12.7 Å². The summed E-state index contributed by atoms with van der Waals surface area (Å²) in [4.78, 5) is 6.50. The summed E-state index contributed by atoms with van der Waals surface area (Å²) in [6.45, 7) is 0.841. The summed E-state index contributed by atoms with van der Waals surface area (Å²) < 4.78 is 1.87. The first-order valence-corrected chi connectivity index (χ1v) is 7.03. The highest BCUT2D eigenvalue weighted by atomic mass is 35.5. The third kappa shape index (κ3) is 3.39. The number of hydrogen-bond acceptors (Lipinski definition) is 3. The Kier molecular flexibility index (Phi) is 5.17. The van der Waals surface area contributed by atoms with Gasteiger partial charge in [0.2, 0.25) is 0 Å². The Morgan fingerprint density at radius 1 is 1.35 bits per heavy atom. The van der Waals surface area contributed by atoms with Crippen LogP contribution in [0.25, 0.3) is 0 Å².